The summed E-state index contributed by atoms with van der Waals surface area (Å²) in [5.74, 6) is -2.40. The molecule has 1 saturated heterocycles. The van der Waals surface area contributed by atoms with Gasteiger partial charge in [-0.1, -0.05) is 18.2 Å². The summed E-state index contributed by atoms with van der Waals surface area (Å²) in [7, 11) is 0. The average molecular weight is 374 g/mol. The van der Waals surface area contributed by atoms with Gasteiger partial charge >= 0.3 is 0 Å². The number of alkyl halides is 2. The Hall–Kier alpha value is -0.920. The first-order valence-electron chi connectivity index (χ1n) is 8.21. The molecule has 0 amide bonds. The fourth-order valence-electron chi connectivity index (χ4n) is 2.80. The summed E-state index contributed by atoms with van der Waals surface area (Å²) in [6.07, 6.45) is 3.84. The molecule has 1 heterocycles. The molecule has 2 N–H and O–H groups in total. The topological polar surface area (TPSA) is 27.3 Å². The number of hydrogen-bond acceptors (Lipinski definition) is 3. The van der Waals surface area contributed by atoms with Gasteiger partial charge in [-0.25, -0.2) is 0 Å². The first-order valence-corrected chi connectivity index (χ1v) is 9.50. The van der Waals surface area contributed by atoms with Gasteiger partial charge in [0, 0.05) is 22.7 Å². The van der Waals surface area contributed by atoms with Gasteiger partial charge in [0.1, 0.15) is 0 Å². The van der Waals surface area contributed by atoms with Crippen molar-refractivity contribution in [1.29, 1.82) is 0 Å². The smallest absolute Gasteiger partial charge is 0.288 e. The molecule has 2 rings (SSSR count). The highest BCUT2D eigenvalue weighted by Crippen LogP contribution is 2.26. The number of piperidine rings is 1. The predicted octanol–water partition coefficient (Wildman–Crippen LogP) is 4.55. The van der Waals surface area contributed by atoms with Gasteiger partial charge in [-0.05, 0) is 76.3 Å². The number of benzene rings is 1. The normalized spacial score (nSPS) is 16.2. The molecule has 1 fully saturated rings. The summed E-state index contributed by atoms with van der Waals surface area (Å²) in [6, 6.07) is 6.85. The highest BCUT2D eigenvalue weighted by Gasteiger charge is 2.27. The van der Waals surface area contributed by atoms with E-state index in [0.29, 0.717) is 21.8 Å². The Morgan fingerprint density at radius 2 is 1.83 bits per heavy atom. The summed E-state index contributed by atoms with van der Waals surface area (Å²) < 4.78 is 24.6. The molecule has 0 radical (unpaired) electrons. The molecule has 0 aromatic heterocycles. The number of likely N-dealkylation sites (tertiary alicyclic amines) is 1. The van der Waals surface area contributed by atoms with E-state index in [1.807, 2.05) is 0 Å². The van der Waals surface area contributed by atoms with Crippen LogP contribution in [0.15, 0.2) is 29.2 Å². The number of thioether (sulfide) groups is 1. The quantitative estimate of drug-likeness (QED) is 0.564. The number of nitrogens with zero attached hydrogens (tertiary/aromatic N) is 1. The van der Waals surface area contributed by atoms with Crippen molar-refractivity contribution in [2.75, 3.05) is 25.0 Å². The zero-order chi connectivity index (χ0) is 17.6. The second kappa shape index (κ2) is 8.97. The third kappa shape index (κ3) is 6.18. The van der Waals surface area contributed by atoms with Crippen LogP contribution in [0.25, 0.3) is 0 Å². The van der Waals surface area contributed by atoms with E-state index in [2.05, 4.69) is 29.4 Å². The molecule has 7 heteroatoms. The van der Waals surface area contributed by atoms with Crippen molar-refractivity contribution in [2.24, 2.45) is 0 Å². The second-order valence-electron chi connectivity index (χ2n) is 6.57. The molecule has 1 aromatic rings. The number of nitrogens with one attached hydrogen (secondary N) is 2. The molecule has 134 valence electrons. The van der Waals surface area contributed by atoms with E-state index in [1.54, 1.807) is 24.3 Å². The molecule has 24 heavy (non-hydrogen) atoms. The highest BCUT2D eigenvalue weighted by molar-refractivity contribution is 7.99. The number of hydrogen-bond donors (Lipinski definition) is 2. The first kappa shape index (κ1) is 19.4. The molecule has 1 aliphatic rings. The molecule has 0 aliphatic carbocycles. The van der Waals surface area contributed by atoms with Crippen LogP contribution in [0.4, 0.5) is 14.5 Å². The van der Waals surface area contributed by atoms with Crippen LogP contribution in [0, 0.1) is 0 Å². The molecule has 0 saturated carbocycles. The first-order chi connectivity index (χ1) is 11.4. The average Bonchev–Trinajstić information content (AvgIpc) is 2.55. The lowest BCUT2D eigenvalue weighted by Crippen LogP contribution is -2.53. The van der Waals surface area contributed by atoms with Crippen LogP contribution in [0.1, 0.15) is 33.1 Å². The van der Waals surface area contributed by atoms with Crippen LogP contribution >= 0.6 is 24.0 Å². The summed E-state index contributed by atoms with van der Waals surface area (Å²) in [4.78, 5) is 3.04. The molecule has 0 atom stereocenters. The zero-order valence-corrected chi connectivity index (χ0v) is 15.8. The molecule has 1 aliphatic heterocycles. The molecule has 0 unspecified atom stereocenters. The minimum Gasteiger partial charge on any atom is -0.361 e. The molecule has 1 aromatic carbocycles. The molecular weight excluding hydrogens is 348 g/mol. The van der Waals surface area contributed by atoms with Crippen LogP contribution in [-0.4, -0.2) is 40.9 Å². The van der Waals surface area contributed by atoms with E-state index in [4.69, 9.17) is 12.2 Å². The number of rotatable bonds is 6. The Bertz CT molecular complexity index is 529. The van der Waals surface area contributed by atoms with Gasteiger partial charge in [-0.3, -0.25) is 4.90 Å². The lowest BCUT2D eigenvalue weighted by atomic mass is 9.98. The van der Waals surface area contributed by atoms with E-state index in [9.17, 15) is 8.78 Å². The van der Waals surface area contributed by atoms with Crippen LogP contribution in [0.2, 0.25) is 0 Å². The van der Waals surface area contributed by atoms with Gasteiger partial charge in [-0.2, -0.15) is 8.78 Å². The van der Waals surface area contributed by atoms with Crippen molar-refractivity contribution < 1.29 is 8.78 Å². The van der Waals surface area contributed by atoms with E-state index in [0.717, 1.165) is 25.3 Å². The number of anilines is 1. The fraction of sp³-hybridized carbons (Fsp3) is 0.588. The molecular formula is C17H25F2N3S2. The maximum absolute atomic E-state index is 12.3. The summed E-state index contributed by atoms with van der Waals surface area (Å²) in [6.45, 7) is 7.49. The molecule has 0 bridgehead atoms. The van der Waals surface area contributed by atoms with Crippen molar-refractivity contribution in [2.45, 2.75) is 49.3 Å². The summed E-state index contributed by atoms with van der Waals surface area (Å²) in [5, 5.41) is 6.92. The summed E-state index contributed by atoms with van der Waals surface area (Å²) >= 11 is 5.88. The zero-order valence-electron chi connectivity index (χ0n) is 14.1. The Balaban J connectivity index is 1.80. The predicted molar refractivity (Wildman–Crippen MR) is 102 cm³/mol. The van der Waals surface area contributed by atoms with Crippen molar-refractivity contribution in [3.8, 4) is 0 Å². The van der Waals surface area contributed by atoms with Gasteiger partial charge in [-0.15, -0.1) is 0 Å². The maximum Gasteiger partial charge on any atom is 0.288 e. The van der Waals surface area contributed by atoms with Crippen LogP contribution in [0.3, 0.4) is 0 Å². The Morgan fingerprint density at radius 1 is 1.21 bits per heavy atom. The summed E-state index contributed by atoms with van der Waals surface area (Å²) in [5.41, 5.74) is 0.839. The van der Waals surface area contributed by atoms with Crippen molar-refractivity contribution >= 4 is 34.8 Å². The number of halogens is 2. The monoisotopic (exact) mass is 373 g/mol. The Labute approximate surface area is 152 Å². The highest BCUT2D eigenvalue weighted by atomic mass is 32.2. The van der Waals surface area contributed by atoms with Gasteiger partial charge < -0.3 is 10.6 Å². The minimum atomic E-state index is -2.40. The number of thiocarbonyl (C=S) groups is 1. The Morgan fingerprint density at radius 3 is 2.42 bits per heavy atom. The van der Waals surface area contributed by atoms with E-state index >= 15 is 0 Å². The van der Waals surface area contributed by atoms with Crippen molar-refractivity contribution in [3.05, 3.63) is 24.3 Å². The van der Waals surface area contributed by atoms with Crippen LogP contribution in [0.5, 0.6) is 0 Å². The maximum atomic E-state index is 12.3. The fourth-order valence-corrected chi connectivity index (χ4v) is 3.49. The van der Waals surface area contributed by atoms with E-state index in [-0.39, 0.29) is 5.54 Å². The third-order valence-corrected chi connectivity index (χ3v) is 5.20. The van der Waals surface area contributed by atoms with Crippen molar-refractivity contribution in [3.63, 3.8) is 0 Å². The van der Waals surface area contributed by atoms with Gasteiger partial charge in [0.05, 0.1) is 0 Å². The largest absolute Gasteiger partial charge is 0.361 e. The molecule has 3 nitrogen and oxygen atoms in total. The van der Waals surface area contributed by atoms with Crippen LogP contribution in [-0.2, 0) is 0 Å². The molecule has 0 spiro atoms. The minimum absolute atomic E-state index is 0.0456. The Kier molecular flexibility index (Phi) is 7.25. The third-order valence-electron chi connectivity index (χ3n) is 4.23. The lowest BCUT2D eigenvalue weighted by Gasteiger charge is -2.41. The van der Waals surface area contributed by atoms with Crippen molar-refractivity contribution in [1.82, 2.24) is 10.2 Å². The second-order valence-corrected chi connectivity index (χ2v) is 8.04. The van der Waals surface area contributed by atoms with Gasteiger partial charge in [0.25, 0.3) is 5.76 Å². The van der Waals surface area contributed by atoms with Gasteiger partial charge in [0.2, 0.25) is 0 Å². The van der Waals surface area contributed by atoms with Gasteiger partial charge in [0.15, 0.2) is 5.11 Å². The standard InChI is InChI=1S/C17H25F2N3S2/c1-17(2,22-10-4-3-5-11-22)12-20-16(23)21-13-6-8-14(9-7-13)24-15(18)19/h6-9,15H,3-5,10-12H2,1-2H3,(H2,20,21,23). The van der Waals surface area contributed by atoms with Crippen LogP contribution < -0.4 is 10.6 Å². The lowest BCUT2D eigenvalue weighted by molar-refractivity contribution is 0.0986. The van der Waals surface area contributed by atoms with E-state index in [1.165, 1.54) is 19.3 Å². The van der Waals surface area contributed by atoms with E-state index < -0.39 is 5.76 Å². The SMILES string of the molecule is CC(C)(CNC(=S)Nc1ccc(SC(F)F)cc1)N1CCCCC1.